The molecule has 0 fully saturated rings. The van der Waals surface area contributed by atoms with Crippen LogP contribution in [0.3, 0.4) is 0 Å². The maximum absolute atomic E-state index is 11.3. The van der Waals surface area contributed by atoms with Crippen molar-refractivity contribution in [2.45, 2.75) is 6.42 Å². The molecule has 0 spiro atoms. The van der Waals surface area contributed by atoms with Crippen molar-refractivity contribution in [3.63, 3.8) is 0 Å². The van der Waals surface area contributed by atoms with E-state index in [2.05, 4.69) is 0 Å². The molecule has 0 saturated carbocycles. The molecule has 2 rings (SSSR count). The summed E-state index contributed by atoms with van der Waals surface area (Å²) in [7, 11) is 0. The molecule has 0 aromatic heterocycles. The standard InChI is InChI=1S/C13H10O4/c14-12(15)8-13(16)17-11-7-3-5-9-4-1-2-6-10(9)11/h1-7H,8H2,(H,14,15). The van der Waals surface area contributed by atoms with Gasteiger partial charge < -0.3 is 9.84 Å². The average molecular weight is 230 g/mol. The SMILES string of the molecule is O=C(O)CC(=O)Oc1cccc2ccccc12. The highest BCUT2D eigenvalue weighted by atomic mass is 16.5. The molecular formula is C13H10O4. The molecule has 17 heavy (non-hydrogen) atoms. The van der Waals surface area contributed by atoms with E-state index in [-0.39, 0.29) is 0 Å². The summed E-state index contributed by atoms with van der Waals surface area (Å²) in [4.78, 5) is 21.6. The van der Waals surface area contributed by atoms with Gasteiger partial charge in [-0.1, -0.05) is 36.4 Å². The Morgan fingerprint density at radius 1 is 1.06 bits per heavy atom. The third-order valence-electron chi connectivity index (χ3n) is 2.27. The van der Waals surface area contributed by atoms with Crippen molar-refractivity contribution in [2.75, 3.05) is 0 Å². The van der Waals surface area contributed by atoms with E-state index in [9.17, 15) is 9.59 Å². The minimum atomic E-state index is -1.20. The van der Waals surface area contributed by atoms with Crippen LogP contribution in [-0.2, 0) is 9.59 Å². The van der Waals surface area contributed by atoms with Crippen LogP contribution in [0.4, 0.5) is 0 Å². The molecule has 4 nitrogen and oxygen atoms in total. The van der Waals surface area contributed by atoms with Gasteiger partial charge in [0.25, 0.3) is 0 Å². The molecule has 86 valence electrons. The Morgan fingerprint density at radius 3 is 2.53 bits per heavy atom. The van der Waals surface area contributed by atoms with Gasteiger partial charge in [-0.3, -0.25) is 9.59 Å². The number of hydrogen-bond donors (Lipinski definition) is 1. The minimum absolute atomic E-state index is 0.384. The van der Waals surface area contributed by atoms with Gasteiger partial charge in [-0.05, 0) is 11.5 Å². The van der Waals surface area contributed by atoms with Gasteiger partial charge in [-0.15, -0.1) is 0 Å². The van der Waals surface area contributed by atoms with Crippen LogP contribution in [0, 0.1) is 0 Å². The Hall–Kier alpha value is -2.36. The molecule has 4 heteroatoms. The maximum Gasteiger partial charge on any atom is 0.322 e. The molecule has 0 saturated heterocycles. The first-order chi connectivity index (χ1) is 8.16. The van der Waals surface area contributed by atoms with Gasteiger partial charge in [0, 0.05) is 5.39 Å². The van der Waals surface area contributed by atoms with Gasteiger partial charge in [0.05, 0.1) is 0 Å². The number of benzene rings is 2. The lowest BCUT2D eigenvalue weighted by Gasteiger charge is -2.06. The molecule has 0 unspecified atom stereocenters. The predicted octanol–water partition coefficient (Wildman–Crippen LogP) is 2.22. The highest BCUT2D eigenvalue weighted by Crippen LogP contribution is 2.25. The number of carboxylic acid groups (broad SMARTS) is 1. The number of hydrogen-bond acceptors (Lipinski definition) is 3. The summed E-state index contributed by atoms with van der Waals surface area (Å²) in [6, 6.07) is 12.7. The summed E-state index contributed by atoms with van der Waals surface area (Å²) in [5, 5.41) is 10.2. The predicted molar refractivity (Wildman–Crippen MR) is 61.8 cm³/mol. The number of esters is 1. The van der Waals surface area contributed by atoms with Crippen molar-refractivity contribution in [2.24, 2.45) is 0 Å². The number of fused-ring (bicyclic) bond motifs is 1. The molecule has 1 N–H and O–H groups in total. The molecule has 2 aromatic rings. The first-order valence-electron chi connectivity index (χ1n) is 5.07. The van der Waals surface area contributed by atoms with Gasteiger partial charge in [-0.25, -0.2) is 0 Å². The Morgan fingerprint density at radius 2 is 1.76 bits per heavy atom. The Labute approximate surface area is 97.4 Å². The van der Waals surface area contributed by atoms with Crippen molar-refractivity contribution < 1.29 is 19.4 Å². The zero-order valence-corrected chi connectivity index (χ0v) is 8.92. The van der Waals surface area contributed by atoms with Gasteiger partial charge in [-0.2, -0.15) is 0 Å². The summed E-state index contributed by atoms with van der Waals surface area (Å²) >= 11 is 0. The normalized spacial score (nSPS) is 10.1. The highest BCUT2D eigenvalue weighted by Gasteiger charge is 2.11. The summed E-state index contributed by atoms with van der Waals surface area (Å²) in [6.45, 7) is 0. The van der Waals surface area contributed by atoms with E-state index in [0.29, 0.717) is 5.75 Å². The van der Waals surface area contributed by atoms with E-state index < -0.39 is 18.4 Å². The van der Waals surface area contributed by atoms with Crippen molar-refractivity contribution in [3.05, 3.63) is 42.5 Å². The molecule has 0 radical (unpaired) electrons. The molecule has 0 aliphatic rings. The van der Waals surface area contributed by atoms with Crippen LogP contribution in [0.25, 0.3) is 10.8 Å². The Bertz CT molecular complexity index is 569. The molecule has 2 aromatic carbocycles. The van der Waals surface area contributed by atoms with Crippen LogP contribution in [-0.4, -0.2) is 17.0 Å². The molecule has 0 bridgehead atoms. The minimum Gasteiger partial charge on any atom is -0.481 e. The van der Waals surface area contributed by atoms with E-state index in [1.54, 1.807) is 12.1 Å². The number of ether oxygens (including phenoxy) is 1. The van der Waals surface area contributed by atoms with Crippen LogP contribution < -0.4 is 4.74 Å². The van der Waals surface area contributed by atoms with E-state index >= 15 is 0 Å². The second-order valence-electron chi connectivity index (χ2n) is 3.52. The summed E-state index contributed by atoms with van der Waals surface area (Å²) < 4.78 is 5.02. The monoisotopic (exact) mass is 230 g/mol. The highest BCUT2D eigenvalue weighted by molar-refractivity contribution is 5.94. The fourth-order valence-corrected chi connectivity index (χ4v) is 1.57. The number of carbonyl (C=O) groups excluding carboxylic acids is 1. The number of rotatable bonds is 3. The van der Waals surface area contributed by atoms with Gasteiger partial charge in [0.1, 0.15) is 12.2 Å². The third-order valence-corrected chi connectivity index (χ3v) is 2.27. The van der Waals surface area contributed by atoms with Crippen LogP contribution in [0.15, 0.2) is 42.5 Å². The third kappa shape index (κ3) is 2.60. The molecular weight excluding hydrogens is 220 g/mol. The van der Waals surface area contributed by atoms with Crippen molar-refractivity contribution in [3.8, 4) is 5.75 Å². The largest absolute Gasteiger partial charge is 0.481 e. The second kappa shape index (κ2) is 4.65. The fraction of sp³-hybridized carbons (Fsp3) is 0.0769. The number of carbonyl (C=O) groups is 2. The summed E-state index contributed by atoms with van der Waals surface area (Å²) in [6.07, 6.45) is -0.636. The number of aliphatic carboxylic acids is 1. The van der Waals surface area contributed by atoms with E-state index in [4.69, 9.17) is 9.84 Å². The zero-order valence-electron chi connectivity index (χ0n) is 8.92. The Balaban J connectivity index is 2.30. The van der Waals surface area contributed by atoms with Gasteiger partial charge in [0.15, 0.2) is 0 Å². The number of carboxylic acids is 1. The smallest absolute Gasteiger partial charge is 0.322 e. The summed E-state index contributed by atoms with van der Waals surface area (Å²) in [5.74, 6) is -1.58. The van der Waals surface area contributed by atoms with Crippen molar-refractivity contribution >= 4 is 22.7 Å². The molecule has 0 amide bonds. The topological polar surface area (TPSA) is 63.6 Å². The quantitative estimate of drug-likeness (QED) is 0.499. The van der Waals surface area contributed by atoms with Crippen LogP contribution >= 0.6 is 0 Å². The van der Waals surface area contributed by atoms with Crippen LogP contribution in [0.5, 0.6) is 5.75 Å². The van der Waals surface area contributed by atoms with E-state index in [1.807, 2.05) is 30.3 Å². The molecule has 0 aliphatic carbocycles. The first kappa shape index (κ1) is 11.1. The second-order valence-corrected chi connectivity index (χ2v) is 3.52. The average Bonchev–Trinajstić information content (AvgIpc) is 2.28. The van der Waals surface area contributed by atoms with Crippen LogP contribution in [0.2, 0.25) is 0 Å². The van der Waals surface area contributed by atoms with E-state index in [1.165, 1.54) is 0 Å². The van der Waals surface area contributed by atoms with E-state index in [0.717, 1.165) is 10.8 Å². The first-order valence-corrected chi connectivity index (χ1v) is 5.07. The lowest BCUT2D eigenvalue weighted by atomic mass is 10.1. The van der Waals surface area contributed by atoms with Crippen molar-refractivity contribution in [1.29, 1.82) is 0 Å². The lowest BCUT2D eigenvalue weighted by Crippen LogP contribution is -2.13. The maximum atomic E-state index is 11.3. The molecule has 0 heterocycles. The zero-order chi connectivity index (χ0) is 12.3. The summed E-state index contributed by atoms with van der Waals surface area (Å²) in [5.41, 5.74) is 0. The molecule has 0 atom stereocenters. The van der Waals surface area contributed by atoms with Crippen LogP contribution in [0.1, 0.15) is 6.42 Å². The lowest BCUT2D eigenvalue weighted by molar-refractivity contribution is -0.145. The fourth-order valence-electron chi connectivity index (χ4n) is 1.57. The molecule has 0 aliphatic heterocycles. The van der Waals surface area contributed by atoms with Crippen molar-refractivity contribution in [1.82, 2.24) is 0 Å². The van der Waals surface area contributed by atoms with Gasteiger partial charge in [0.2, 0.25) is 0 Å². The van der Waals surface area contributed by atoms with Gasteiger partial charge >= 0.3 is 11.9 Å². The Kier molecular flexibility index (Phi) is 3.05.